The molecule has 0 unspecified atom stereocenters. The van der Waals surface area contributed by atoms with Gasteiger partial charge in [0.1, 0.15) is 0 Å². The minimum Gasteiger partial charge on any atom is -0.343 e. The number of para-hydroxylation sites is 1. The number of hydrogen-bond acceptors (Lipinski definition) is 2. The number of nitrogens with one attached hydrogen (secondary N) is 4. The van der Waals surface area contributed by atoms with E-state index >= 15 is 0 Å². The summed E-state index contributed by atoms with van der Waals surface area (Å²) in [7, 11) is 0. The molecule has 0 spiro atoms. The fraction of sp³-hybridized carbons (Fsp3) is 0.100. The molecule has 5 aromatic carbocycles. The summed E-state index contributed by atoms with van der Waals surface area (Å²) in [6, 6.07) is 39.1. The van der Waals surface area contributed by atoms with Crippen LogP contribution >= 0.6 is 0 Å². The second-order valence-corrected chi connectivity index (χ2v) is 12.3. The predicted octanol–water partition coefficient (Wildman–Crippen LogP) is 8.01. The first-order valence-corrected chi connectivity index (χ1v) is 15.8. The molecule has 8 rings (SSSR count). The summed E-state index contributed by atoms with van der Waals surface area (Å²) in [5.41, 5.74) is 8.77. The summed E-state index contributed by atoms with van der Waals surface area (Å²) in [4.78, 5) is 27.9. The SMILES string of the molecule is Cc1ccc(-c2[nH][nH]c(=O)c2C(c2c(-c3ccc(C)cc3)[nH][nH]c2=O)c2cn(Cc3cccc4ccccc34)c3ccccc23)cc1. The van der Waals surface area contributed by atoms with Crippen LogP contribution in [0, 0.1) is 13.8 Å². The van der Waals surface area contributed by atoms with Crippen LogP contribution in [0.3, 0.4) is 0 Å². The third-order valence-corrected chi connectivity index (χ3v) is 9.24. The lowest BCUT2D eigenvalue weighted by Crippen LogP contribution is -2.20. The zero-order chi connectivity index (χ0) is 32.1. The average molecular weight is 616 g/mol. The summed E-state index contributed by atoms with van der Waals surface area (Å²) >= 11 is 0. The average Bonchev–Trinajstić information content (AvgIpc) is 3.78. The summed E-state index contributed by atoms with van der Waals surface area (Å²) in [5.74, 6) is -0.703. The third-order valence-electron chi connectivity index (χ3n) is 9.24. The van der Waals surface area contributed by atoms with Gasteiger partial charge < -0.3 is 4.57 Å². The van der Waals surface area contributed by atoms with E-state index in [0.717, 1.165) is 38.7 Å². The third kappa shape index (κ3) is 4.93. The number of benzene rings is 5. The van der Waals surface area contributed by atoms with Gasteiger partial charge in [-0.15, -0.1) is 0 Å². The van der Waals surface area contributed by atoms with Crippen molar-refractivity contribution in [3.63, 3.8) is 0 Å². The molecule has 3 aromatic heterocycles. The van der Waals surface area contributed by atoms with Crippen molar-refractivity contribution < 1.29 is 0 Å². The Morgan fingerprint density at radius 2 is 1.11 bits per heavy atom. The Balaban J connectivity index is 1.40. The minimum atomic E-state index is -0.703. The molecule has 0 aliphatic heterocycles. The lowest BCUT2D eigenvalue weighted by atomic mass is 9.83. The maximum atomic E-state index is 14.0. The van der Waals surface area contributed by atoms with E-state index in [1.165, 1.54) is 16.3 Å². The molecule has 3 heterocycles. The molecule has 0 aliphatic carbocycles. The van der Waals surface area contributed by atoms with Gasteiger partial charge in [0.2, 0.25) is 0 Å². The van der Waals surface area contributed by atoms with Crippen molar-refractivity contribution in [3.05, 3.63) is 176 Å². The summed E-state index contributed by atoms with van der Waals surface area (Å²) in [5, 5.41) is 15.4. The first-order chi connectivity index (χ1) is 23.0. The first kappa shape index (κ1) is 28.4. The van der Waals surface area contributed by atoms with Gasteiger partial charge in [-0.05, 0) is 52.9 Å². The van der Waals surface area contributed by atoms with Crippen molar-refractivity contribution in [2.75, 3.05) is 0 Å². The molecule has 0 atom stereocenters. The Bertz CT molecular complexity index is 2400. The zero-order valence-corrected chi connectivity index (χ0v) is 26.1. The topological polar surface area (TPSA) is 102 Å². The molecule has 0 saturated heterocycles. The van der Waals surface area contributed by atoms with E-state index < -0.39 is 5.92 Å². The Morgan fingerprint density at radius 1 is 0.574 bits per heavy atom. The van der Waals surface area contributed by atoms with Crippen LogP contribution in [-0.4, -0.2) is 25.0 Å². The second-order valence-electron chi connectivity index (χ2n) is 12.3. The Morgan fingerprint density at radius 3 is 1.72 bits per heavy atom. The smallest absolute Gasteiger partial charge is 0.268 e. The van der Waals surface area contributed by atoms with Gasteiger partial charge in [0.25, 0.3) is 11.1 Å². The molecular formula is C40H33N5O2. The van der Waals surface area contributed by atoms with Crippen molar-refractivity contribution in [3.8, 4) is 22.5 Å². The molecule has 0 radical (unpaired) electrons. The van der Waals surface area contributed by atoms with Crippen molar-refractivity contribution in [2.45, 2.75) is 26.3 Å². The van der Waals surface area contributed by atoms with Gasteiger partial charge in [0, 0.05) is 23.6 Å². The van der Waals surface area contributed by atoms with Crippen LogP contribution in [0.2, 0.25) is 0 Å². The van der Waals surface area contributed by atoms with E-state index in [9.17, 15) is 9.59 Å². The van der Waals surface area contributed by atoms with Crippen molar-refractivity contribution >= 4 is 21.7 Å². The highest BCUT2D eigenvalue weighted by molar-refractivity contribution is 5.89. The lowest BCUT2D eigenvalue weighted by Gasteiger charge is -2.17. The molecule has 230 valence electrons. The van der Waals surface area contributed by atoms with E-state index in [1.54, 1.807) is 0 Å². The standard InChI is InChI=1S/C40H33N5O2/c1-24-14-18-27(19-15-24)37-35(39(46)43-41-37)34(36-38(42-44-40(36)47)28-20-16-25(2)17-21-28)32-23-45(33-13-6-5-12-31(32)33)22-29-10-7-9-26-8-3-4-11-30(26)29/h3-21,23,34H,22H2,1-2H3,(H2,41,43,46)(H2,42,44,47). The molecular weight excluding hydrogens is 582 g/mol. The Hall–Kier alpha value is -6.08. The highest BCUT2D eigenvalue weighted by Crippen LogP contribution is 2.41. The second kappa shape index (κ2) is 11.4. The number of aromatic amines is 4. The van der Waals surface area contributed by atoms with E-state index in [4.69, 9.17) is 0 Å². The normalized spacial score (nSPS) is 11.6. The van der Waals surface area contributed by atoms with Crippen LogP contribution < -0.4 is 11.1 Å². The Kier molecular flexibility index (Phi) is 6.87. The van der Waals surface area contributed by atoms with E-state index in [0.29, 0.717) is 29.1 Å². The van der Waals surface area contributed by atoms with Crippen LogP contribution in [-0.2, 0) is 6.54 Å². The first-order valence-electron chi connectivity index (χ1n) is 15.8. The van der Waals surface area contributed by atoms with Crippen LogP contribution in [0.25, 0.3) is 44.2 Å². The van der Waals surface area contributed by atoms with Gasteiger partial charge in [0.15, 0.2) is 0 Å². The van der Waals surface area contributed by atoms with Gasteiger partial charge in [-0.25, -0.2) is 0 Å². The minimum absolute atomic E-state index is 0.271. The molecule has 47 heavy (non-hydrogen) atoms. The van der Waals surface area contributed by atoms with Crippen LogP contribution in [0.5, 0.6) is 0 Å². The van der Waals surface area contributed by atoms with Gasteiger partial charge in [-0.3, -0.25) is 30.0 Å². The van der Waals surface area contributed by atoms with Gasteiger partial charge in [-0.1, -0.05) is 120 Å². The predicted molar refractivity (Wildman–Crippen MR) is 189 cm³/mol. The molecule has 0 fully saturated rings. The van der Waals surface area contributed by atoms with Gasteiger partial charge in [-0.2, -0.15) is 0 Å². The van der Waals surface area contributed by atoms with Crippen molar-refractivity contribution in [1.29, 1.82) is 0 Å². The zero-order valence-electron chi connectivity index (χ0n) is 26.1. The summed E-state index contributed by atoms with van der Waals surface area (Å²) in [6.45, 7) is 4.69. The maximum absolute atomic E-state index is 14.0. The van der Waals surface area contributed by atoms with E-state index in [2.05, 4.69) is 85.8 Å². The highest BCUT2D eigenvalue weighted by Gasteiger charge is 2.33. The van der Waals surface area contributed by atoms with E-state index in [-0.39, 0.29) is 11.1 Å². The molecule has 0 bridgehead atoms. The quantitative estimate of drug-likeness (QED) is 0.146. The van der Waals surface area contributed by atoms with Crippen LogP contribution in [0.1, 0.15) is 39.3 Å². The molecule has 0 saturated carbocycles. The fourth-order valence-electron chi connectivity index (χ4n) is 6.89. The molecule has 7 heteroatoms. The molecule has 0 aliphatic rings. The summed E-state index contributed by atoms with van der Waals surface area (Å²) < 4.78 is 2.23. The highest BCUT2D eigenvalue weighted by atomic mass is 16.1. The van der Waals surface area contributed by atoms with Crippen LogP contribution in [0.4, 0.5) is 0 Å². The number of aromatic nitrogens is 5. The fourth-order valence-corrected chi connectivity index (χ4v) is 6.89. The molecule has 7 nitrogen and oxygen atoms in total. The number of H-pyrrole nitrogens is 4. The Labute approximate surface area is 270 Å². The molecule has 0 amide bonds. The van der Waals surface area contributed by atoms with Crippen LogP contribution in [0.15, 0.2) is 131 Å². The van der Waals surface area contributed by atoms with E-state index in [1.807, 2.05) is 74.5 Å². The van der Waals surface area contributed by atoms with Crippen molar-refractivity contribution in [2.24, 2.45) is 0 Å². The lowest BCUT2D eigenvalue weighted by molar-refractivity contribution is 0.830. The number of hydrogen-bond donors (Lipinski definition) is 4. The van der Waals surface area contributed by atoms with Gasteiger partial charge >= 0.3 is 0 Å². The number of aryl methyl sites for hydroxylation is 2. The van der Waals surface area contributed by atoms with Crippen molar-refractivity contribution in [1.82, 2.24) is 25.0 Å². The summed E-state index contributed by atoms with van der Waals surface area (Å²) in [6.07, 6.45) is 2.12. The monoisotopic (exact) mass is 615 g/mol. The largest absolute Gasteiger partial charge is 0.343 e. The number of nitrogens with zero attached hydrogens (tertiary/aromatic N) is 1. The molecule has 8 aromatic rings. The maximum Gasteiger partial charge on any atom is 0.268 e. The number of rotatable bonds is 7. The molecule has 4 N–H and O–H groups in total. The number of fused-ring (bicyclic) bond motifs is 2. The van der Waals surface area contributed by atoms with Gasteiger partial charge in [0.05, 0.1) is 28.4 Å².